The van der Waals surface area contributed by atoms with Gasteiger partial charge in [0.15, 0.2) is 13.1 Å². The Morgan fingerprint density at radius 1 is 1.07 bits per heavy atom. The first-order valence-electron chi connectivity index (χ1n) is 8.65. The maximum absolute atomic E-state index is 12.3. The number of hydrogen-bond acceptors (Lipinski definition) is 5. The van der Waals surface area contributed by atoms with Crippen molar-refractivity contribution in [3.63, 3.8) is 0 Å². The molecule has 2 aromatic carbocycles. The van der Waals surface area contributed by atoms with Crippen LogP contribution in [-0.2, 0) is 9.59 Å². The van der Waals surface area contributed by atoms with Crippen LogP contribution < -0.4 is 20.3 Å². The average Bonchev–Trinajstić information content (AvgIpc) is 2.67. The molecule has 0 bridgehead atoms. The summed E-state index contributed by atoms with van der Waals surface area (Å²) < 4.78 is 5.08. The number of carbonyl (C=O) groups excluding carboxylic acids is 2. The number of quaternary nitrogens is 1. The first-order valence-corrected chi connectivity index (χ1v) is 9.64. The minimum atomic E-state index is -0.195. The third-order valence-electron chi connectivity index (χ3n) is 3.75. The van der Waals surface area contributed by atoms with Gasteiger partial charge in [0.1, 0.15) is 5.75 Å². The van der Waals surface area contributed by atoms with E-state index in [-0.39, 0.29) is 24.9 Å². The predicted octanol–water partition coefficient (Wildman–Crippen LogP) is 1.40. The van der Waals surface area contributed by atoms with E-state index in [0.29, 0.717) is 22.9 Å². The summed E-state index contributed by atoms with van der Waals surface area (Å²) in [7, 11) is 3.36. The van der Waals surface area contributed by atoms with E-state index in [0.717, 1.165) is 9.80 Å². The summed E-state index contributed by atoms with van der Waals surface area (Å²) in [5.41, 5.74) is 1.34. The van der Waals surface area contributed by atoms with Gasteiger partial charge in [0.2, 0.25) is 0 Å². The third-order valence-corrected chi connectivity index (χ3v) is 4.69. The summed E-state index contributed by atoms with van der Waals surface area (Å²) in [6.45, 7) is 0.303. The van der Waals surface area contributed by atoms with Gasteiger partial charge >= 0.3 is 0 Å². The van der Waals surface area contributed by atoms with Crippen molar-refractivity contribution in [1.29, 1.82) is 5.26 Å². The summed E-state index contributed by atoms with van der Waals surface area (Å²) in [6.07, 6.45) is 0. The first-order chi connectivity index (χ1) is 13.5. The van der Waals surface area contributed by atoms with Crippen LogP contribution in [0.1, 0.15) is 0 Å². The Morgan fingerprint density at radius 2 is 1.71 bits per heavy atom. The molecule has 2 rings (SSSR count). The Balaban J connectivity index is 1.83. The van der Waals surface area contributed by atoms with E-state index in [9.17, 15) is 9.59 Å². The molecule has 0 saturated heterocycles. The predicted molar refractivity (Wildman–Crippen MR) is 110 cm³/mol. The number of carbonyl (C=O) groups is 2. The molecule has 1 atom stereocenters. The van der Waals surface area contributed by atoms with Crippen LogP contribution in [0.5, 0.6) is 5.75 Å². The average molecular weight is 399 g/mol. The van der Waals surface area contributed by atoms with Crippen molar-refractivity contribution < 1.29 is 19.2 Å². The summed E-state index contributed by atoms with van der Waals surface area (Å²) in [5.74, 6) is 0.648. The molecular formula is C20H23N4O3S+. The first kappa shape index (κ1) is 21.3. The number of likely N-dealkylation sites (N-methyl/N-ethyl adjacent to an activating group) is 1. The van der Waals surface area contributed by atoms with Crippen LogP contribution >= 0.6 is 11.8 Å². The normalized spacial score (nSPS) is 11.2. The minimum Gasteiger partial charge on any atom is -0.497 e. The van der Waals surface area contributed by atoms with E-state index in [1.54, 1.807) is 44.5 Å². The standard InChI is InChI=1S/C20H22N4O3S/c1-24(13-19(25)22-15-7-9-16(27-2)10-8-15)14-20(26)23-17-5-3-4-6-18(17)28-12-11-21/h3-10H,12-14H2,1-2H3,(H,22,25)(H,23,26)/p+1. The number of nitrogens with zero attached hydrogens (tertiary/aromatic N) is 1. The summed E-state index contributed by atoms with van der Waals surface area (Å²) in [4.78, 5) is 26.1. The number of nitriles is 1. The minimum absolute atomic E-state index is 0.146. The Kier molecular flexibility index (Phi) is 8.34. The lowest BCUT2D eigenvalue weighted by Crippen LogP contribution is -3.11. The van der Waals surface area contributed by atoms with Crippen molar-refractivity contribution in [2.45, 2.75) is 4.90 Å². The Bertz CT molecular complexity index is 849. The van der Waals surface area contributed by atoms with E-state index in [2.05, 4.69) is 16.7 Å². The van der Waals surface area contributed by atoms with E-state index < -0.39 is 0 Å². The largest absolute Gasteiger partial charge is 0.497 e. The molecule has 0 aliphatic rings. The van der Waals surface area contributed by atoms with Crippen LogP contribution in [0.4, 0.5) is 11.4 Å². The summed E-state index contributed by atoms with van der Waals surface area (Å²) in [6, 6.07) is 16.5. The Hall–Kier alpha value is -3.02. The molecule has 2 aromatic rings. The molecule has 3 N–H and O–H groups in total. The summed E-state index contributed by atoms with van der Waals surface area (Å²) >= 11 is 1.37. The Labute approximate surface area is 168 Å². The summed E-state index contributed by atoms with van der Waals surface area (Å²) in [5, 5.41) is 14.4. The van der Waals surface area contributed by atoms with Gasteiger partial charge in [-0.1, -0.05) is 12.1 Å². The molecule has 7 nitrogen and oxygen atoms in total. The number of hydrogen-bond donors (Lipinski definition) is 3. The highest BCUT2D eigenvalue weighted by atomic mass is 32.2. The number of benzene rings is 2. The molecule has 0 saturated carbocycles. The van der Waals surface area contributed by atoms with Crippen molar-refractivity contribution in [3.8, 4) is 11.8 Å². The molecule has 0 heterocycles. The highest BCUT2D eigenvalue weighted by molar-refractivity contribution is 7.99. The molecule has 0 fully saturated rings. The maximum Gasteiger partial charge on any atom is 0.279 e. The zero-order valence-electron chi connectivity index (χ0n) is 15.8. The van der Waals surface area contributed by atoms with Crippen molar-refractivity contribution in [2.75, 3.05) is 43.6 Å². The van der Waals surface area contributed by atoms with E-state index in [1.807, 2.05) is 18.2 Å². The zero-order chi connectivity index (χ0) is 20.4. The molecular weight excluding hydrogens is 376 g/mol. The van der Waals surface area contributed by atoms with Crippen LogP contribution in [0.25, 0.3) is 0 Å². The number of amides is 2. The van der Waals surface area contributed by atoms with Crippen molar-refractivity contribution in [1.82, 2.24) is 0 Å². The second-order valence-electron chi connectivity index (χ2n) is 6.08. The molecule has 0 aliphatic carbocycles. The van der Waals surface area contributed by atoms with E-state index in [1.165, 1.54) is 11.8 Å². The smallest absolute Gasteiger partial charge is 0.279 e. The highest BCUT2D eigenvalue weighted by Crippen LogP contribution is 2.26. The molecule has 146 valence electrons. The van der Waals surface area contributed by atoms with Crippen molar-refractivity contribution >= 4 is 35.0 Å². The molecule has 0 radical (unpaired) electrons. The third kappa shape index (κ3) is 6.95. The van der Waals surface area contributed by atoms with Gasteiger partial charge in [-0.05, 0) is 36.4 Å². The number of rotatable bonds is 9. The lowest BCUT2D eigenvalue weighted by Gasteiger charge is -2.15. The molecule has 1 unspecified atom stereocenters. The van der Waals surface area contributed by atoms with Gasteiger partial charge in [0, 0.05) is 10.6 Å². The van der Waals surface area contributed by atoms with Gasteiger partial charge in [0.05, 0.1) is 31.7 Å². The van der Waals surface area contributed by atoms with Crippen LogP contribution in [-0.4, -0.2) is 44.8 Å². The van der Waals surface area contributed by atoms with Gasteiger partial charge < -0.3 is 20.3 Å². The molecule has 2 amide bonds. The zero-order valence-corrected chi connectivity index (χ0v) is 16.6. The quantitative estimate of drug-likeness (QED) is 0.554. The lowest BCUT2D eigenvalue weighted by molar-refractivity contribution is -0.862. The second kappa shape index (κ2) is 11.0. The van der Waals surface area contributed by atoms with Gasteiger partial charge in [-0.25, -0.2) is 0 Å². The molecule has 28 heavy (non-hydrogen) atoms. The van der Waals surface area contributed by atoms with Gasteiger partial charge in [-0.2, -0.15) is 5.26 Å². The fourth-order valence-corrected chi connectivity index (χ4v) is 3.16. The number of methoxy groups -OCH3 is 1. The number of anilines is 2. The lowest BCUT2D eigenvalue weighted by atomic mass is 10.3. The number of nitrogens with one attached hydrogen (secondary N) is 3. The monoisotopic (exact) mass is 399 g/mol. The number of para-hydroxylation sites is 1. The second-order valence-corrected chi connectivity index (χ2v) is 7.10. The molecule has 0 aromatic heterocycles. The van der Waals surface area contributed by atoms with Crippen LogP contribution in [0.2, 0.25) is 0 Å². The molecule has 0 spiro atoms. The number of thioether (sulfide) groups is 1. The van der Waals surface area contributed by atoms with Crippen LogP contribution in [0.15, 0.2) is 53.4 Å². The fraction of sp³-hybridized carbons (Fsp3) is 0.250. The number of ether oxygens (including phenoxy) is 1. The fourth-order valence-electron chi connectivity index (χ4n) is 2.49. The van der Waals surface area contributed by atoms with E-state index in [4.69, 9.17) is 10.00 Å². The van der Waals surface area contributed by atoms with Crippen molar-refractivity contribution in [2.24, 2.45) is 0 Å². The van der Waals surface area contributed by atoms with Gasteiger partial charge in [-0.3, -0.25) is 9.59 Å². The van der Waals surface area contributed by atoms with Crippen molar-refractivity contribution in [3.05, 3.63) is 48.5 Å². The van der Waals surface area contributed by atoms with Gasteiger partial charge in [-0.15, -0.1) is 11.8 Å². The van der Waals surface area contributed by atoms with E-state index >= 15 is 0 Å². The SMILES string of the molecule is COc1ccc(NC(=O)C[NH+](C)CC(=O)Nc2ccccc2SCC#N)cc1. The molecule has 8 heteroatoms. The van der Waals surface area contributed by atoms with Crippen LogP contribution in [0, 0.1) is 11.3 Å². The topological polar surface area (TPSA) is 95.7 Å². The van der Waals surface area contributed by atoms with Crippen LogP contribution in [0.3, 0.4) is 0 Å². The maximum atomic E-state index is 12.3. The van der Waals surface area contributed by atoms with Gasteiger partial charge in [0.25, 0.3) is 11.8 Å². The molecule has 0 aliphatic heterocycles. The Morgan fingerprint density at radius 3 is 2.36 bits per heavy atom. The highest BCUT2D eigenvalue weighted by Gasteiger charge is 2.15.